The number of hydrogen-bond donors (Lipinski definition) is 0. The summed E-state index contributed by atoms with van der Waals surface area (Å²) in [6, 6.07) is 3.13. The molecule has 1 nitrogen and oxygen atoms in total. The van der Waals surface area contributed by atoms with Crippen molar-refractivity contribution >= 4 is 21.7 Å². The number of hydrogen-bond acceptors (Lipinski definition) is 1. The highest BCUT2D eigenvalue weighted by molar-refractivity contribution is 9.10. The molecule has 0 saturated carbocycles. The van der Waals surface area contributed by atoms with Gasteiger partial charge in [-0.15, -0.1) is 0 Å². The van der Waals surface area contributed by atoms with Crippen molar-refractivity contribution in [3.8, 4) is 0 Å². The highest BCUT2D eigenvalue weighted by Crippen LogP contribution is 2.26. The summed E-state index contributed by atoms with van der Waals surface area (Å²) in [5.41, 5.74) is 0.0311. The maximum atomic E-state index is 12.8. The molecule has 0 spiro atoms. The van der Waals surface area contributed by atoms with Gasteiger partial charge in [-0.1, -0.05) is 6.07 Å². The van der Waals surface area contributed by atoms with Crippen LogP contribution in [0, 0.1) is 5.82 Å². The number of Topliss-reactive ketones (excluding diaryl/α,β-unsaturated/α-hetero) is 1. The third-order valence-electron chi connectivity index (χ3n) is 1.99. The summed E-state index contributed by atoms with van der Waals surface area (Å²) in [6.07, 6.45) is -4.92. The summed E-state index contributed by atoms with van der Waals surface area (Å²) in [7, 11) is 0. The Morgan fingerprint density at radius 2 is 1.94 bits per heavy atom. The van der Waals surface area contributed by atoms with Crippen LogP contribution < -0.4 is 0 Å². The van der Waals surface area contributed by atoms with Crippen molar-refractivity contribution in [1.29, 1.82) is 0 Å². The Hall–Kier alpha value is -0.980. The number of ketones is 1. The highest BCUT2D eigenvalue weighted by atomic mass is 79.9. The van der Waals surface area contributed by atoms with Crippen molar-refractivity contribution in [1.82, 2.24) is 0 Å². The minimum atomic E-state index is -4.68. The molecule has 0 unspecified atom stereocenters. The van der Waals surface area contributed by atoms with Gasteiger partial charge in [-0.05, 0) is 33.6 Å². The summed E-state index contributed by atoms with van der Waals surface area (Å²) in [6.45, 7) is 0. The standard InChI is InChI=1S/C10H6BrF5O/c11-6-3-5(1-2-7(6)12)4-8(17)10(15,16)9(13)14/h1-3,9H,4H2. The molecule has 1 aromatic carbocycles. The quantitative estimate of drug-likeness (QED) is 0.776. The Bertz CT molecular complexity index is 433. The molecule has 0 atom stereocenters. The minimum Gasteiger partial charge on any atom is -0.292 e. The molecule has 0 fully saturated rings. The first-order valence-electron chi connectivity index (χ1n) is 4.38. The molecule has 0 aliphatic carbocycles. The first kappa shape index (κ1) is 14.1. The number of carbonyl (C=O) groups is 1. The molecule has 0 amide bonds. The van der Waals surface area contributed by atoms with E-state index in [1.54, 1.807) is 0 Å². The lowest BCUT2D eigenvalue weighted by atomic mass is 10.1. The van der Waals surface area contributed by atoms with Crippen molar-refractivity contribution in [2.45, 2.75) is 18.8 Å². The zero-order valence-electron chi connectivity index (χ0n) is 8.19. The van der Waals surface area contributed by atoms with Crippen LogP contribution in [0.5, 0.6) is 0 Å². The molecule has 0 N–H and O–H groups in total. The third kappa shape index (κ3) is 3.24. The van der Waals surface area contributed by atoms with Crippen LogP contribution in [-0.2, 0) is 11.2 Å². The van der Waals surface area contributed by atoms with E-state index in [2.05, 4.69) is 15.9 Å². The second kappa shape index (κ2) is 5.12. The van der Waals surface area contributed by atoms with Gasteiger partial charge in [-0.2, -0.15) is 8.78 Å². The predicted octanol–water partition coefficient (Wildman–Crippen LogP) is 3.60. The molecule has 0 radical (unpaired) electrons. The first-order chi connectivity index (χ1) is 7.75. The molecule has 17 heavy (non-hydrogen) atoms. The molecule has 0 saturated heterocycles. The van der Waals surface area contributed by atoms with E-state index >= 15 is 0 Å². The summed E-state index contributed by atoms with van der Waals surface area (Å²) >= 11 is 2.79. The highest BCUT2D eigenvalue weighted by Gasteiger charge is 2.47. The Morgan fingerprint density at radius 3 is 2.41 bits per heavy atom. The van der Waals surface area contributed by atoms with E-state index in [0.717, 1.165) is 18.2 Å². The molecule has 0 aromatic heterocycles. The number of benzene rings is 1. The number of halogens is 6. The summed E-state index contributed by atoms with van der Waals surface area (Å²) in [5.74, 6) is -7.21. The van der Waals surface area contributed by atoms with Crippen molar-refractivity contribution in [2.75, 3.05) is 0 Å². The Balaban J connectivity index is 2.85. The monoisotopic (exact) mass is 316 g/mol. The van der Waals surface area contributed by atoms with Crippen LogP contribution in [0.4, 0.5) is 22.0 Å². The molecular weight excluding hydrogens is 311 g/mol. The van der Waals surface area contributed by atoms with Gasteiger partial charge < -0.3 is 0 Å². The number of rotatable bonds is 4. The van der Waals surface area contributed by atoms with Crippen molar-refractivity contribution in [3.05, 3.63) is 34.1 Å². The lowest BCUT2D eigenvalue weighted by Crippen LogP contribution is -2.37. The van der Waals surface area contributed by atoms with Gasteiger partial charge in [0.1, 0.15) is 5.82 Å². The van der Waals surface area contributed by atoms with Crippen molar-refractivity contribution < 1.29 is 26.7 Å². The maximum absolute atomic E-state index is 12.8. The van der Waals surface area contributed by atoms with Gasteiger partial charge in [0.05, 0.1) is 4.47 Å². The zero-order chi connectivity index (χ0) is 13.2. The normalized spacial score (nSPS) is 11.9. The summed E-state index contributed by atoms with van der Waals surface area (Å²) in [5, 5.41) is 0. The lowest BCUT2D eigenvalue weighted by molar-refractivity contribution is -0.166. The SMILES string of the molecule is O=C(Cc1ccc(F)c(Br)c1)C(F)(F)C(F)F. The van der Waals surface area contributed by atoms with Gasteiger partial charge in [0.2, 0.25) is 5.78 Å². The average molecular weight is 317 g/mol. The molecule has 0 aliphatic rings. The lowest BCUT2D eigenvalue weighted by Gasteiger charge is -2.13. The fourth-order valence-electron chi connectivity index (χ4n) is 1.07. The smallest absolute Gasteiger partial charge is 0.292 e. The molecule has 1 rings (SSSR count). The molecule has 7 heteroatoms. The van der Waals surface area contributed by atoms with Gasteiger partial charge in [-0.3, -0.25) is 4.79 Å². The Labute approximate surface area is 102 Å². The second-order valence-electron chi connectivity index (χ2n) is 3.27. The molecule has 1 aromatic rings. The van der Waals surface area contributed by atoms with Crippen LogP contribution >= 0.6 is 15.9 Å². The van der Waals surface area contributed by atoms with Crippen LogP contribution in [0.3, 0.4) is 0 Å². The molecule has 0 aliphatic heterocycles. The summed E-state index contributed by atoms with van der Waals surface area (Å²) < 4.78 is 61.8. The minimum absolute atomic E-state index is 0.0248. The van der Waals surface area contributed by atoms with E-state index in [0.29, 0.717) is 0 Å². The Morgan fingerprint density at radius 1 is 1.35 bits per heavy atom. The van der Waals surface area contributed by atoms with Crippen LogP contribution in [-0.4, -0.2) is 18.1 Å². The second-order valence-corrected chi connectivity index (χ2v) is 4.13. The van der Waals surface area contributed by atoms with E-state index < -0.39 is 30.4 Å². The fourth-order valence-corrected chi connectivity index (χ4v) is 1.50. The van der Waals surface area contributed by atoms with Crippen LogP contribution in [0.15, 0.2) is 22.7 Å². The van der Waals surface area contributed by atoms with Crippen LogP contribution in [0.1, 0.15) is 5.56 Å². The van der Waals surface area contributed by atoms with E-state index in [-0.39, 0.29) is 10.0 Å². The Kier molecular flexibility index (Phi) is 4.24. The van der Waals surface area contributed by atoms with E-state index in [1.807, 2.05) is 0 Å². The van der Waals surface area contributed by atoms with Gasteiger partial charge in [0, 0.05) is 6.42 Å². The number of alkyl halides is 4. The topological polar surface area (TPSA) is 17.1 Å². The fraction of sp³-hybridized carbons (Fsp3) is 0.300. The van der Waals surface area contributed by atoms with E-state index in [4.69, 9.17) is 0 Å². The van der Waals surface area contributed by atoms with Crippen LogP contribution in [0.25, 0.3) is 0 Å². The van der Waals surface area contributed by atoms with Gasteiger partial charge in [0.25, 0.3) is 0 Å². The number of carbonyl (C=O) groups excluding carboxylic acids is 1. The van der Waals surface area contributed by atoms with E-state index in [1.165, 1.54) is 0 Å². The molecule has 94 valence electrons. The predicted molar refractivity (Wildman–Crippen MR) is 53.8 cm³/mol. The molecule has 0 bridgehead atoms. The third-order valence-corrected chi connectivity index (χ3v) is 2.60. The van der Waals surface area contributed by atoms with Gasteiger partial charge in [0.15, 0.2) is 0 Å². The first-order valence-corrected chi connectivity index (χ1v) is 5.17. The maximum Gasteiger partial charge on any atom is 0.364 e. The molecule has 0 heterocycles. The van der Waals surface area contributed by atoms with Crippen LogP contribution in [0.2, 0.25) is 0 Å². The van der Waals surface area contributed by atoms with Gasteiger partial charge in [-0.25, -0.2) is 13.2 Å². The molecular formula is C10H6BrF5O. The summed E-state index contributed by atoms with van der Waals surface area (Å²) in [4.78, 5) is 10.9. The van der Waals surface area contributed by atoms with Crippen molar-refractivity contribution in [2.24, 2.45) is 0 Å². The van der Waals surface area contributed by atoms with Crippen molar-refractivity contribution in [3.63, 3.8) is 0 Å². The largest absolute Gasteiger partial charge is 0.364 e. The average Bonchev–Trinajstić information content (AvgIpc) is 2.23. The van der Waals surface area contributed by atoms with E-state index in [9.17, 15) is 26.7 Å². The zero-order valence-corrected chi connectivity index (χ0v) is 9.78. The van der Waals surface area contributed by atoms with Gasteiger partial charge >= 0.3 is 12.3 Å².